The summed E-state index contributed by atoms with van der Waals surface area (Å²) in [5.41, 5.74) is 0.191. The van der Waals surface area contributed by atoms with E-state index >= 15 is 0 Å². The van der Waals surface area contributed by atoms with Crippen molar-refractivity contribution >= 4 is 23.1 Å². The second-order valence-electron chi connectivity index (χ2n) is 10.5. The Morgan fingerprint density at radius 2 is 2.00 bits per heavy atom. The van der Waals surface area contributed by atoms with Crippen LogP contribution < -0.4 is 10.2 Å². The molecule has 11 heteroatoms. The van der Waals surface area contributed by atoms with Gasteiger partial charge < -0.3 is 15.0 Å². The molecule has 5 rings (SSSR count). The molecule has 4 heterocycles. The molecule has 1 aliphatic carbocycles. The number of alkyl halides is 2. The molecule has 0 atom stereocenters. The van der Waals surface area contributed by atoms with Crippen LogP contribution in [0.25, 0.3) is 5.65 Å². The summed E-state index contributed by atoms with van der Waals surface area (Å²) in [6, 6.07) is 1.85. The maximum Gasteiger partial charge on any atom is 0.284 e. The number of aromatic nitrogens is 5. The minimum atomic E-state index is -2.80. The highest BCUT2D eigenvalue weighted by atomic mass is 19.3. The number of rotatable bonds is 7. The number of carbonyl (C=O) groups is 1. The van der Waals surface area contributed by atoms with E-state index in [0.29, 0.717) is 43.8 Å². The monoisotopic (exact) mass is 515 g/mol. The van der Waals surface area contributed by atoms with Crippen molar-refractivity contribution in [2.45, 2.75) is 58.9 Å². The van der Waals surface area contributed by atoms with Crippen molar-refractivity contribution < 1.29 is 18.3 Å². The lowest BCUT2D eigenvalue weighted by molar-refractivity contribution is 0.102. The summed E-state index contributed by atoms with van der Waals surface area (Å²) >= 11 is 0. The number of fused-ring (bicyclic) bond motifs is 1. The van der Waals surface area contributed by atoms with Gasteiger partial charge in [-0.1, -0.05) is 13.8 Å². The highest BCUT2D eigenvalue weighted by Crippen LogP contribution is 2.34. The second kappa shape index (κ2) is 11.1. The lowest BCUT2D eigenvalue weighted by Crippen LogP contribution is -2.27. The Hall–Kier alpha value is -3.08. The predicted octanol–water partition coefficient (Wildman–Crippen LogP) is 4.80. The molecule has 2 aliphatic rings. The zero-order valence-corrected chi connectivity index (χ0v) is 21.4. The Balaban J connectivity index is 1.32. The fraction of sp³-hybridized carbons (Fsp3) is 0.615. The van der Waals surface area contributed by atoms with Crippen LogP contribution in [0, 0.1) is 17.8 Å². The van der Waals surface area contributed by atoms with Crippen LogP contribution in [-0.2, 0) is 11.3 Å². The number of hydrogen-bond acceptors (Lipinski definition) is 6. The van der Waals surface area contributed by atoms with Crippen molar-refractivity contribution in [1.29, 1.82) is 0 Å². The van der Waals surface area contributed by atoms with E-state index in [0.717, 1.165) is 50.4 Å². The minimum Gasteiger partial charge on any atom is -0.380 e. The summed E-state index contributed by atoms with van der Waals surface area (Å²) in [7, 11) is 0. The summed E-state index contributed by atoms with van der Waals surface area (Å²) < 4.78 is 36.2. The lowest BCUT2D eigenvalue weighted by Gasteiger charge is -2.30. The molecule has 3 aromatic heterocycles. The van der Waals surface area contributed by atoms with E-state index in [-0.39, 0.29) is 11.3 Å². The fourth-order valence-electron chi connectivity index (χ4n) is 5.45. The van der Waals surface area contributed by atoms with E-state index in [1.54, 1.807) is 10.9 Å². The van der Waals surface area contributed by atoms with Gasteiger partial charge in [-0.05, 0) is 55.9 Å². The zero-order valence-electron chi connectivity index (χ0n) is 21.4. The van der Waals surface area contributed by atoms with Crippen LogP contribution in [0.1, 0.15) is 68.4 Å². The van der Waals surface area contributed by atoms with Crippen LogP contribution in [0.4, 0.5) is 20.3 Å². The van der Waals surface area contributed by atoms with E-state index in [1.165, 1.54) is 16.9 Å². The smallest absolute Gasteiger partial charge is 0.284 e. The first-order chi connectivity index (χ1) is 17.9. The van der Waals surface area contributed by atoms with Crippen LogP contribution >= 0.6 is 0 Å². The molecule has 2 fully saturated rings. The van der Waals surface area contributed by atoms with E-state index < -0.39 is 18.0 Å². The Morgan fingerprint density at radius 1 is 1.19 bits per heavy atom. The molecular formula is C26H35F2N7O2. The van der Waals surface area contributed by atoms with Gasteiger partial charge in [-0.2, -0.15) is 10.2 Å². The van der Waals surface area contributed by atoms with Crippen molar-refractivity contribution in [2.24, 2.45) is 17.8 Å². The van der Waals surface area contributed by atoms with Gasteiger partial charge in [-0.25, -0.2) is 18.3 Å². The molecule has 3 aromatic rings. The normalized spacial score (nSPS) is 21.1. The van der Waals surface area contributed by atoms with Crippen molar-refractivity contribution in [3.63, 3.8) is 0 Å². The van der Waals surface area contributed by atoms with Gasteiger partial charge in [0.2, 0.25) is 0 Å². The average molecular weight is 516 g/mol. The first-order valence-electron chi connectivity index (χ1n) is 13.2. The third-order valence-corrected chi connectivity index (χ3v) is 7.67. The third kappa shape index (κ3) is 5.76. The Labute approximate surface area is 215 Å². The molecule has 37 heavy (non-hydrogen) atoms. The van der Waals surface area contributed by atoms with Crippen molar-refractivity contribution in [2.75, 3.05) is 36.5 Å². The van der Waals surface area contributed by atoms with Gasteiger partial charge in [0.25, 0.3) is 12.3 Å². The largest absolute Gasteiger partial charge is 0.380 e. The molecule has 1 N–H and O–H groups in total. The molecule has 1 saturated heterocycles. The molecule has 0 unspecified atom stereocenters. The topological polar surface area (TPSA) is 89.6 Å². The maximum absolute atomic E-state index is 13.8. The average Bonchev–Trinajstić information content (AvgIpc) is 3.38. The van der Waals surface area contributed by atoms with Crippen molar-refractivity contribution in [3.8, 4) is 0 Å². The van der Waals surface area contributed by atoms with Crippen LogP contribution in [0.3, 0.4) is 0 Å². The van der Waals surface area contributed by atoms with Crippen LogP contribution in [0.15, 0.2) is 24.7 Å². The number of nitrogens with one attached hydrogen (secondary N) is 1. The standard InChI is InChI=1S/C26H35F2N7O2/c1-17(2)19-6-4-18(5-7-19)15-34-16-21(23(32-34)24(27)28)30-26(36)20-14-29-35-10-8-22(31-25(20)35)33-9-3-12-37-13-11-33/h8,10,14,16-19,24H,3-7,9,11-13,15H2,1-2H3,(H,30,36). The zero-order chi connectivity index (χ0) is 25.9. The number of hydrogen-bond donors (Lipinski definition) is 1. The number of halogens is 2. The Morgan fingerprint density at radius 3 is 2.76 bits per heavy atom. The van der Waals surface area contributed by atoms with Gasteiger partial charge in [-0.3, -0.25) is 9.48 Å². The summed E-state index contributed by atoms with van der Waals surface area (Å²) in [5, 5.41) is 11.0. The summed E-state index contributed by atoms with van der Waals surface area (Å²) in [6.07, 6.45) is 7.21. The molecule has 1 aliphatic heterocycles. The number of anilines is 2. The lowest BCUT2D eigenvalue weighted by atomic mass is 9.77. The number of carbonyl (C=O) groups excluding carboxylic acids is 1. The SMILES string of the molecule is CC(C)C1CCC(Cn2cc(NC(=O)c3cnn4ccc(N5CCCOCC5)nc34)c(C(F)F)n2)CC1. The molecular weight excluding hydrogens is 480 g/mol. The fourth-order valence-corrected chi connectivity index (χ4v) is 5.45. The molecule has 1 amide bonds. The molecule has 0 radical (unpaired) electrons. The maximum atomic E-state index is 13.8. The van der Waals surface area contributed by atoms with Gasteiger partial charge in [-0.15, -0.1) is 0 Å². The molecule has 9 nitrogen and oxygen atoms in total. The first kappa shape index (κ1) is 25.6. The van der Waals surface area contributed by atoms with Crippen molar-refractivity contribution in [3.05, 3.63) is 35.9 Å². The van der Waals surface area contributed by atoms with E-state index in [9.17, 15) is 13.6 Å². The molecule has 0 spiro atoms. The Kier molecular flexibility index (Phi) is 7.68. The van der Waals surface area contributed by atoms with Crippen LogP contribution in [0.5, 0.6) is 0 Å². The van der Waals surface area contributed by atoms with E-state index in [1.807, 2.05) is 6.07 Å². The number of ether oxygens (including phenoxy) is 1. The highest BCUT2D eigenvalue weighted by molar-refractivity contribution is 6.08. The predicted molar refractivity (Wildman–Crippen MR) is 136 cm³/mol. The summed E-state index contributed by atoms with van der Waals surface area (Å²) in [6.45, 7) is 7.90. The van der Waals surface area contributed by atoms with Gasteiger partial charge in [0.15, 0.2) is 11.3 Å². The van der Waals surface area contributed by atoms with Gasteiger partial charge in [0.1, 0.15) is 11.4 Å². The minimum absolute atomic E-state index is 0.0241. The summed E-state index contributed by atoms with van der Waals surface area (Å²) in [5.74, 6) is 1.98. The third-order valence-electron chi connectivity index (χ3n) is 7.67. The van der Waals surface area contributed by atoms with E-state index in [2.05, 4.69) is 39.2 Å². The van der Waals surface area contributed by atoms with Gasteiger partial charge in [0.05, 0.1) is 18.5 Å². The molecule has 200 valence electrons. The molecule has 0 bridgehead atoms. The van der Waals surface area contributed by atoms with Gasteiger partial charge in [0, 0.05) is 38.6 Å². The molecule has 1 saturated carbocycles. The van der Waals surface area contributed by atoms with Gasteiger partial charge >= 0.3 is 0 Å². The van der Waals surface area contributed by atoms with Crippen molar-refractivity contribution in [1.82, 2.24) is 24.4 Å². The van der Waals surface area contributed by atoms with Crippen LogP contribution in [-0.4, -0.2) is 56.6 Å². The summed E-state index contributed by atoms with van der Waals surface area (Å²) in [4.78, 5) is 20.0. The van der Waals surface area contributed by atoms with Crippen LogP contribution in [0.2, 0.25) is 0 Å². The second-order valence-corrected chi connectivity index (χ2v) is 10.5. The highest BCUT2D eigenvalue weighted by Gasteiger charge is 2.26. The number of amides is 1. The first-order valence-corrected chi connectivity index (χ1v) is 13.2. The Bertz CT molecular complexity index is 1210. The molecule has 0 aromatic carbocycles. The quantitative estimate of drug-likeness (QED) is 0.486. The van der Waals surface area contributed by atoms with E-state index in [4.69, 9.17) is 4.74 Å². The number of nitrogens with zero attached hydrogens (tertiary/aromatic N) is 6.